The molecule has 1 aliphatic rings. The first kappa shape index (κ1) is 22.3. The number of nitrogens with one attached hydrogen (secondary N) is 1. The van der Waals surface area contributed by atoms with Crippen LogP contribution in [0.1, 0.15) is 61.3 Å². The fourth-order valence-corrected chi connectivity index (χ4v) is 3.97. The second-order valence-electron chi connectivity index (χ2n) is 8.23. The predicted octanol–water partition coefficient (Wildman–Crippen LogP) is 3.92. The van der Waals surface area contributed by atoms with E-state index < -0.39 is 5.97 Å². The van der Waals surface area contributed by atoms with Crippen LogP contribution in [0.15, 0.2) is 30.3 Å². The molecular weight excluding hydrogens is 424 g/mol. The largest absolute Gasteiger partial charge is 0.508 e. The van der Waals surface area contributed by atoms with E-state index in [-0.39, 0.29) is 41.6 Å². The minimum absolute atomic E-state index is 0.0126. The zero-order valence-electron chi connectivity index (χ0n) is 18.8. The molecule has 33 heavy (non-hydrogen) atoms. The number of aromatic hydroxyl groups is 2. The van der Waals surface area contributed by atoms with Crippen molar-refractivity contribution < 1.29 is 24.5 Å². The summed E-state index contributed by atoms with van der Waals surface area (Å²) in [5.41, 5.74) is 3.18. The summed E-state index contributed by atoms with van der Waals surface area (Å²) in [6.45, 7) is 5.71. The van der Waals surface area contributed by atoms with E-state index in [1.54, 1.807) is 25.1 Å². The average molecular weight is 450 g/mol. The molecule has 0 saturated heterocycles. The Morgan fingerprint density at radius 2 is 1.94 bits per heavy atom. The highest BCUT2D eigenvalue weighted by molar-refractivity contribution is 5.92. The summed E-state index contributed by atoms with van der Waals surface area (Å²) in [5.74, 6) is -0.720. The van der Waals surface area contributed by atoms with Gasteiger partial charge in [-0.3, -0.25) is 9.36 Å². The van der Waals surface area contributed by atoms with Crippen molar-refractivity contribution in [1.29, 1.82) is 0 Å². The highest BCUT2D eigenvalue weighted by Crippen LogP contribution is 2.38. The number of aromatic nitrogens is 3. The zero-order chi connectivity index (χ0) is 23.7. The number of nitrogens with zero attached hydrogens (tertiary/aromatic N) is 3. The summed E-state index contributed by atoms with van der Waals surface area (Å²) in [7, 11) is 0. The fourth-order valence-electron chi connectivity index (χ4n) is 3.97. The number of ether oxygens (including phenoxy) is 1. The van der Waals surface area contributed by atoms with E-state index in [4.69, 9.17) is 4.74 Å². The van der Waals surface area contributed by atoms with Crippen LogP contribution in [-0.2, 0) is 16.0 Å². The standard InChI is InChI=1S/C24H26N4O5/c1-4-33-24(32)23-27-26-22(17-11-16(13(2)3)19(29)12-20(17)30)28(23)15-8-9-18-14(10-15)6-5-7-21(31)25-18/h8-13,29-30H,4-7H2,1-3H3,(H,25,31). The summed E-state index contributed by atoms with van der Waals surface area (Å²) < 4.78 is 6.70. The number of carbonyl (C=O) groups excluding carboxylic acids is 2. The van der Waals surface area contributed by atoms with Gasteiger partial charge in [-0.1, -0.05) is 13.8 Å². The number of fused-ring (bicyclic) bond motifs is 1. The van der Waals surface area contributed by atoms with Crippen LogP contribution < -0.4 is 5.32 Å². The topological polar surface area (TPSA) is 127 Å². The number of carbonyl (C=O) groups is 2. The maximum Gasteiger partial charge on any atom is 0.376 e. The molecule has 0 atom stereocenters. The predicted molar refractivity (Wildman–Crippen MR) is 122 cm³/mol. The van der Waals surface area contributed by atoms with E-state index in [1.807, 2.05) is 19.9 Å². The molecule has 1 amide bonds. The number of aryl methyl sites for hydroxylation is 1. The van der Waals surface area contributed by atoms with Crippen molar-refractivity contribution in [2.75, 3.05) is 11.9 Å². The molecule has 0 saturated carbocycles. The molecule has 4 rings (SSSR count). The average Bonchev–Trinajstić information content (AvgIpc) is 3.10. The molecule has 3 aromatic rings. The summed E-state index contributed by atoms with van der Waals surface area (Å²) in [5, 5.41) is 32.0. The molecule has 2 aromatic carbocycles. The molecule has 2 heterocycles. The smallest absolute Gasteiger partial charge is 0.376 e. The Morgan fingerprint density at radius 3 is 2.67 bits per heavy atom. The van der Waals surface area contributed by atoms with Crippen molar-refractivity contribution in [1.82, 2.24) is 14.8 Å². The molecule has 0 spiro atoms. The van der Waals surface area contributed by atoms with Crippen molar-refractivity contribution in [3.8, 4) is 28.6 Å². The van der Waals surface area contributed by atoms with Crippen LogP contribution in [0.4, 0.5) is 5.69 Å². The number of hydrogen-bond acceptors (Lipinski definition) is 7. The highest BCUT2D eigenvalue weighted by atomic mass is 16.5. The third-order valence-corrected chi connectivity index (χ3v) is 5.60. The second-order valence-corrected chi connectivity index (χ2v) is 8.23. The molecule has 1 aliphatic heterocycles. The van der Waals surface area contributed by atoms with Gasteiger partial charge >= 0.3 is 5.97 Å². The van der Waals surface area contributed by atoms with E-state index >= 15 is 0 Å². The van der Waals surface area contributed by atoms with Gasteiger partial charge in [-0.15, -0.1) is 10.2 Å². The number of phenolic OH excluding ortho intramolecular Hbond substituents is 2. The van der Waals surface area contributed by atoms with Gasteiger partial charge in [0.1, 0.15) is 11.5 Å². The van der Waals surface area contributed by atoms with Gasteiger partial charge in [0.25, 0.3) is 0 Å². The molecule has 0 bridgehead atoms. The molecule has 0 aliphatic carbocycles. The Hall–Kier alpha value is -3.88. The number of benzene rings is 2. The maximum atomic E-state index is 12.7. The van der Waals surface area contributed by atoms with Gasteiger partial charge in [0.15, 0.2) is 5.82 Å². The van der Waals surface area contributed by atoms with E-state index in [0.29, 0.717) is 36.1 Å². The van der Waals surface area contributed by atoms with Crippen molar-refractivity contribution in [3.05, 3.63) is 47.3 Å². The Bertz CT molecular complexity index is 1230. The molecule has 1 aromatic heterocycles. The van der Waals surface area contributed by atoms with E-state index in [2.05, 4.69) is 15.5 Å². The van der Waals surface area contributed by atoms with Gasteiger partial charge in [0, 0.05) is 23.9 Å². The number of amides is 1. The molecule has 0 radical (unpaired) electrons. The Morgan fingerprint density at radius 1 is 1.15 bits per heavy atom. The lowest BCUT2D eigenvalue weighted by atomic mass is 9.98. The lowest BCUT2D eigenvalue weighted by molar-refractivity contribution is -0.116. The van der Waals surface area contributed by atoms with Gasteiger partial charge in [0.05, 0.1) is 12.2 Å². The van der Waals surface area contributed by atoms with Crippen LogP contribution in [0, 0.1) is 0 Å². The Labute approximate surface area is 191 Å². The lowest BCUT2D eigenvalue weighted by Gasteiger charge is -2.16. The highest BCUT2D eigenvalue weighted by Gasteiger charge is 2.26. The number of rotatable bonds is 5. The molecular formula is C24H26N4O5. The lowest BCUT2D eigenvalue weighted by Crippen LogP contribution is -2.14. The number of anilines is 1. The van der Waals surface area contributed by atoms with Crippen molar-refractivity contribution >= 4 is 17.6 Å². The molecule has 0 fully saturated rings. The van der Waals surface area contributed by atoms with Crippen LogP contribution in [-0.4, -0.2) is 43.5 Å². The minimum Gasteiger partial charge on any atom is -0.508 e. The Kier molecular flexibility index (Phi) is 6.04. The first-order valence-electron chi connectivity index (χ1n) is 10.9. The van der Waals surface area contributed by atoms with Crippen LogP contribution in [0.25, 0.3) is 17.1 Å². The van der Waals surface area contributed by atoms with Crippen LogP contribution in [0.3, 0.4) is 0 Å². The molecule has 0 unspecified atom stereocenters. The number of phenols is 2. The van der Waals surface area contributed by atoms with E-state index in [0.717, 1.165) is 11.3 Å². The quantitative estimate of drug-likeness (QED) is 0.503. The summed E-state index contributed by atoms with van der Waals surface area (Å²) >= 11 is 0. The van der Waals surface area contributed by atoms with Crippen molar-refractivity contribution in [3.63, 3.8) is 0 Å². The summed E-state index contributed by atoms with van der Waals surface area (Å²) in [6.07, 6.45) is 1.84. The van der Waals surface area contributed by atoms with Crippen LogP contribution >= 0.6 is 0 Å². The summed E-state index contributed by atoms with van der Waals surface area (Å²) in [6, 6.07) is 8.32. The van der Waals surface area contributed by atoms with Crippen LogP contribution in [0.2, 0.25) is 0 Å². The monoisotopic (exact) mass is 450 g/mol. The molecule has 172 valence electrons. The van der Waals surface area contributed by atoms with Gasteiger partial charge in [-0.25, -0.2) is 4.79 Å². The first-order valence-corrected chi connectivity index (χ1v) is 10.9. The molecule has 3 N–H and O–H groups in total. The fraction of sp³-hybridized carbons (Fsp3) is 0.333. The zero-order valence-corrected chi connectivity index (χ0v) is 18.8. The SMILES string of the molecule is CCOC(=O)c1nnc(-c2cc(C(C)C)c(O)cc2O)n1-c1ccc2c(c1)CCCC(=O)N2. The molecule has 9 nitrogen and oxygen atoms in total. The number of hydrogen-bond donors (Lipinski definition) is 3. The van der Waals surface area contributed by atoms with Gasteiger partial charge < -0.3 is 20.3 Å². The molecule has 9 heteroatoms. The van der Waals surface area contributed by atoms with Crippen molar-refractivity contribution in [2.24, 2.45) is 0 Å². The van der Waals surface area contributed by atoms with Gasteiger partial charge in [0.2, 0.25) is 11.7 Å². The maximum absolute atomic E-state index is 12.7. The second kappa shape index (κ2) is 8.93. The normalized spacial score (nSPS) is 13.4. The first-order chi connectivity index (χ1) is 15.8. The third-order valence-electron chi connectivity index (χ3n) is 5.60. The third kappa shape index (κ3) is 4.26. The number of esters is 1. The van der Waals surface area contributed by atoms with E-state index in [1.165, 1.54) is 10.6 Å². The Balaban J connectivity index is 1.92. The van der Waals surface area contributed by atoms with Gasteiger partial charge in [-0.05, 0) is 61.1 Å². The van der Waals surface area contributed by atoms with Crippen LogP contribution in [0.5, 0.6) is 11.5 Å². The van der Waals surface area contributed by atoms with Gasteiger partial charge in [-0.2, -0.15) is 0 Å². The van der Waals surface area contributed by atoms with E-state index in [9.17, 15) is 19.8 Å². The minimum atomic E-state index is -0.651. The summed E-state index contributed by atoms with van der Waals surface area (Å²) in [4.78, 5) is 24.6. The van der Waals surface area contributed by atoms with Crippen molar-refractivity contribution in [2.45, 2.75) is 46.0 Å².